The van der Waals surface area contributed by atoms with Crippen LogP contribution in [-0.2, 0) is 6.18 Å². The number of anilines is 2. The van der Waals surface area contributed by atoms with Gasteiger partial charge in [0.05, 0.1) is 16.9 Å². The maximum Gasteiger partial charge on any atom is 0.416 e. The molecule has 0 aliphatic heterocycles. The Labute approximate surface area is 129 Å². The van der Waals surface area contributed by atoms with Crippen molar-refractivity contribution in [1.29, 1.82) is 0 Å². The first-order chi connectivity index (χ1) is 10.7. The lowest BCUT2D eigenvalue weighted by Crippen LogP contribution is -2.24. The molecular formula is C15H13F3N2O3. The lowest BCUT2D eigenvalue weighted by molar-refractivity contribution is -0.137. The van der Waals surface area contributed by atoms with Gasteiger partial charge >= 0.3 is 12.3 Å². The van der Waals surface area contributed by atoms with Crippen molar-refractivity contribution >= 4 is 17.5 Å². The van der Waals surface area contributed by atoms with Crippen LogP contribution < -0.4 is 15.4 Å². The van der Waals surface area contributed by atoms with Crippen LogP contribution in [-0.4, -0.2) is 18.2 Å². The monoisotopic (exact) mass is 326 g/mol. The van der Waals surface area contributed by atoms with Crippen molar-refractivity contribution in [2.24, 2.45) is 0 Å². The minimum absolute atomic E-state index is 0.0199. The molecule has 0 fully saturated rings. The van der Waals surface area contributed by atoms with Gasteiger partial charge < -0.3 is 15.6 Å². The van der Waals surface area contributed by atoms with E-state index in [-0.39, 0.29) is 22.9 Å². The van der Waals surface area contributed by atoms with E-state index in [9.17, 15) is 18.0 Å². The summed E-state index contributed by atoms with van der Waals surface area (Å²) >= 11 is 0. The second-order valence-electron chi connectivity index (χ2n) is 4.69. The molecule has 2 aromatic carbocycles. The summed E-state index contributed by atoms with van der Waals surface area (Å²) in [7, 11) is 1.29. The maximum atomic E-state index is 12.7. The predicted molar refractivity (Wildman–Crippen MR) is 78.8 cm³/mol. The Morgan fingerprint density at radius 2 is 1.83 bits per heavy atom. The van der Waals surface area contributed by atoms with Crippen LogP contribution in [0.4, 0.5) is 29.3 Å². The van der Waals surface area contributed by atoms with Crippen LogP contribution in [0.2, 0.25) is 0 Å². The van der Waals surface area contributed by atoms with Crippen molar-refractivity contribution in [3.63, 3.8) is 0 Å². The van der Waals surface area contributed by atoms with Crippen LogP contribution in [0.25, 0.3) is 0 Å². The third-order valence-corrected chi connectivity index (χ3v) is 3.05. The molecule has 23 heavy (non-hydrogen) atoms. The summed E-state index contributed by atoms with van der Waals surface area (Å²) in [4.78, 5) is 11.9. The quantitative estimate of drug-likeness (QED) is 0.829. The van der Waals surface area contributed by atoms with Gasteiger partial charge in [0.15, 0.2) is 0 Å². The van der Waals surface area contributed by atoms with E-state index in [1.807, 2.05) is 0 Å². The molecular weight excluding hydrogens is 313 g/mol. The number of nitrogen functional groups attached to an aromatic ring is 1. The SMILES string of the molecule is CN(C(=O)O)c1cc(Oc2cccc(C(F)(F)F)c2)ccc1N. The lowest BCUT2D eigenvalue weighted by Gasteiger charge is -2.17. The Balaban J connectivity index is 2.31. The van der Waals surface area contributed by atoms with Gasteiger partial charge in [-0.3, -0.25) is 4.90 Å². The fraction of sp³-hybridized carbons (Fsp3) is 0.133. The zero-order valence-corrected chi connectivity index (χ0v) is 12.0. The van der Waals surface area contributed by atoms with Gasteiger partial charge in [0.25, 0.3) is 0 Å². The number of alkyl halides is 3. The smallest absolute Gasteiger partial charge is 0.416 e. The van der Waals surface area contributed by atoms with Gasteiger partial charge in [-0.1, -0.05) is 6.07 Å². The molecule has 0 aliphatic carbocycles. The predicted octanol–water partition coefficient (Wildman–Crippen LogP) is 4.19. The van der Waals surface area contributed by atoms with Crippen molar-refractivity contribution < 1.29 is 27.8 Å². The zero-order valence-electron chi connectivity index (χ0n) is 12.0. The minimum atomic E-state index is -4.48. The van der Waals surface area contributed by atoms with Crippen LogP contribution in [0.1, 0.15) is 5.56 Å². The molecule has 0 unspecified atom stereocenters. The van der Waals surface area contributed by atoms with Crippen molar-refractivity contribution in [2.75, 3.05) is 17.7 Å². The van der Waals surface area contributed by atoms with Gasteiger partial charge in [-0.15, -0.1) is 0 Å². The van der Waals surface area contributed by atoms with Crippen LogP contribution in [0, 0.1) is 0 Å². The van der Waals surface area contributed by atoms with Crippen molar-refractivity contribution in [2.45, 2.75) is 6.18 Å². The number of hydrogen-bond donors (Lipinski definition) is 2. The van der Waals surface area contributed by atoms with E-state index in [0.717, 1.165) is 17.0 Å². The van der Waals surface area contributed by atoms with Crippen molar-refractivity contribution in [3.8, 4) is 11.5 Å². The number of nitrogens with two attached hydrogens (primary N) is 1. The summed E-state index contributed by atoms with van der Waals surface area (Å²) in [5.41, 5.74) is 5.22. The number of ether oxygens (including phenoxy) is 1. The highest BCUT2D eigenvalue weighted by molar-refractivity contribution is 5.90. The Morgan fingerprint density at radius 1 is 1.17 bits per heavy atom. The second kappa shape index (κ2) is 6.07. The first-order valence-corrected chi connectivity index (χ1v) is 6.40. The van der Waals surface area contributed by atoms with Gasteiger partial charge in [0.1, 0.15) is 11.5 Å². The number of nitrogens with zero attached hydrogens (tertiary/aromatic N) is 1. The molecule has 0 spiro atoms. The number of benzene rings is 2. The molecule has 0 atom stereocenters. The van der Waals surface area contributed by atoms with Gasteiger partial charge in [-0.05, 0) is 30.3 Å². The van der Waals surface area contributed by atoms with E-state index >= 15 is 0 Å². The highest BCUT2D eigenvalue weighted by Gasteiger charge is 2.30. The molecule has 0 heterocycles. The highest BCUT2D eigenvalue weighted by atomic mass is 19.4. The van der Waals surface area contributed by atoms with Gasteiger partial charge in [0, 0.05) is 13.1 Å². The first-order valence-electron chi connectivity index (χ1n) is 6.40. The van der Waals surface area contributed by atoms with Crippen LogP contribution in [0.5, 0.6) is 11.5 Å². The number of carboxylic acid groups (broad SMARTS) is 1. The van der Waals surface area contributed by atoms with E-state index in [2.05, 4.69) is 0 Å². The second-order valence-corrected chi connectivity index (χ2v) is 4.69. The molecule has 8 heteroatoms. The molecule has 0 radical (unpaired) electrons. The zero-order chi connectivity index (χ0) is 17.2. The van der Waals surface area contributed by atoms with Gasteiger partial charge in [-0.25, -0.2) is 4.79 Å². The molecule has 5 nitrogen and oxygen atoms in total. The maximum absolute atomic E-state index is 12.7. The first kappa shape index (κ1) is 16.5. The van der Waals surface area contributed by atoms with Crippen molar-refractivity contribution in [1.82, 2.24) is 0 Å². The van der Waals surface area contributed by atoms with Gasteiger partial charge in [0.2, 0.25) is 0 Å². The molecule has 0 bridgehead atoms. The summed E-state index contributed by atoms with van der Waals surface area (Å²) in [5, 5.41) is 8.97. The average molecular weight is 326 g/mol. The van der Waals surface area contributed by atoms with Crippen LogP contribution in [0.3, 0.4) is 0 Å². The summed E-state index contributed by atoms with van der Waals surface area (Å²) < 4.78 is 43.4. The minimum Gasteiger partial charge on any atom is -0.465 e. The van der Waals surface area contributed by atoms with E-state index < -0.39 is 17.8 Å². The van der Waals surface area contributed by atoms with Crippen LogP contribution >= 0.6 is 0 Å². The fourth-order valence-electron chi connectivity index (χ4n) is 1.85. The van der Waals surface area contributed by atoms with E-state index in [1.165, 1.54) is 37.4 Å². The fourth-order valence-corrected chi connectivity index (χ4v) is 1.85. The molecule has 0 aromatic heterocycles. The number of amides is 1. The number of hydrogen-bond acceptors (Lipinski definition) is 3. The summed E-state index contributed by atoms with van der Waals surface area (Å²) in [5.74, 6) is 0.148. The Morgan fingerprint density at radius 3 is 2.43 bits per heavy atom. The third-order valence-electron chi connectivity index (χ3n) is 3.05. The largest absolute Gasteiger partial charge is 0.465 e. The number of rotatable bonds is 3. The molecule has 2 rings (SSSR count). The normalized spacial score (nSPS) is 11.1. The molecule has 0 aliphatic rings. The molecule has 0 saturated carbocycles. The van der Waals surface area contributed by atoms with Gasteiger partial charge in [-0.2, -0.15) is 13.2 Å². The molecule has 1 amide bonds. The Hall–Kier alpha value is -2.90. The molecule has 3 N–H and O–H groups in total. The Bertz CT molecular complexity index is 732. The number of carbonyl (C=O) groups is 1. The topological polar surface area (TPSA) is 75.8 Å². The summed E-state index contributed by atoms with van der Waals surface area (Å²) in [6, 6.07) is 8.57. The lowest BCUT2D eigenvalue weighted by atomic mass is 10.2. The third kappa shape index (κ3) is 3.85. The Kier molecular flexibility index (Phi) is 4.35. The molecule has 0 saturated heterocycles. The molecule has 2 aromatic rings. The van der Waals surface area contributed by atoms with E-state index in [1.54, 1.807) is 0 Å². The highest BCUT2D eigenvalue weighted by Crippen LogP contribution is 2.34. The van der Waals surface area contributed by atoms with Crippen LogP contribution in [0.15, 0.2) is 42.5 Å². The van der Waals surface area contributed by atoms with E-state index in [0.29, 0.717) is 0 Å². The molecule has 122 valence electrons. The van der Waals surface area contributed by atoms with Crippen molar-refractivity contribution in [3.05, 3.63) is 48.0 Å². The number of halogens is 3. The summed E-state index contributed by atoms with van der Waals surface area (Å²) in [6.07, 6.45) is -5.71. The standard InChI is InChI=1S/C15H13F3N2O3/c1-20(14(21)22)13-8-11(5-6-12(13)19)23-10-4-2-3-9(7-10)15(16,17)18/h2-8H,19H2,1H3,(H,21,22). The van der Waals surface area contributed by atoms with E-state index in [4.69, 9.17) is 15.6 Å². The average Bonchev–Trinajstić information content (AvgIpc) is 2.48. The summed E-state index contributed by atoms with van der Waals surface area (Å²) in [6.45, 7) is 0.